The van der Waals surface area contributed by atoms with E-state index < -0.39 is 6.10 Å². The van der Waals surface area contributed by atoms with Gasteiger partial charge in [-0.2, -0.15) is 0 Å². The Morgan fingerprint density at radius 2 is 2.05 bits per heavy atom. The fraction of sp³-hybridized carbons (Fsp3) is 0.267. The number of furan rings is 1. The minimum Gasteiger partial charge on any atom is -0.486 e. The Bertz CT molecular complexity index is 623. The molecule has 1 amide bonds. The van der Waals surface area contributed by atoms with Crippen molar-refractivity contribution in [3.63, 3.8) is 0 Å². The highest BCUT2D eigenvalue weighted by Gasteiger charge is 2.16. The molecule has 1 aromatic heterocycles. The number of carbonyl (C=O) groups excluding carboxylic acids is 1. The van der Waals surface area contributed by atoms with Crippen LogP contribution in [0.1, 0.15) is 22.2 Å². The third kappa shape index (κ3) is 3.00. The van der Waals surface area contributed by atoms with Gasteiger partial charge >= 0.3 is 0 Å². The number of aliphatic hydroxyl groups excluding tert-OH is 1. The van der Waals surface area contributed by atoms with Gasteiger partial charge in [0.2, 0.25) is 0 Å². The third-order valence-electron chi connectivity index (χ3n) is 3.15. The first kappa shape index (κ1) is 13.5. The molecule has 1 aliphatic rings. The molecule has 110 valence electrons. The zero-order chi connectivity index (χ0) is 14.7. The molecule has 0 spiro atoms. The van der Waals surface area contributed by atoms with Crippen molar-refractivity contribution >= 4 is 5.91 Å². The molecule has 0 fully saturated rings. The average Bonchev–Trinajstić information content (AvgIpc) is 3.06. The van der Waals surface area contributed by atoms with Gasteiger partial charge in [0.25, 0.3) is 5.91 Å². The van der Waals surface area contributed by atoms with Crippen LogP contribution in [0.5, 0.6) is 11.5 Å². The Hall–Kier alpha value is -2.47. The van der Waals surface area contributed by atoms with E-state index in [-0.39, 0.29) is 18.2 Å². The lowest BCUT2D eigenvalue weighted by molar-refractivity contribution is 0.0888. The zero-order valence-electron chi connectivity index (χ0n) is 11.2. The maximum absolute atomic E-state index is 11.7. The Balaban J connectivity index is 1.62. The fourth-order valence-electron chi connectivity index (χ4n) is 2.07. The van der Waals surface area contributed by atoms with Gasteiger partial charge in [0.1, 0.15) is 13.2 Å². The Kier molecular flexibility index (Phi) is 3.79. The summed E-state index contributed by atoms with van der Waals surface area (Å²) in [7, 11) is 0. The number of amides is 1. The molecule has 21 heavy (non-hydrogen) atoms. The van der Waals surface area contributed by atoms with Crippen LogP contribution in [0.25, 0.3) is 0 Å². The first-order chi connectivity index (χ1) is 10.2. The van der Waals surface area contributed by atoms with Gasteiger partial charge in [0.05, 0.1) is 12.4 Å². The number of ether oxygens (including phenoxy) is 2. The van der Waals surface area contributed by atoms with Gasteiger partial charge in [-0.05, 0) is 29.8 Å². The standard InChI is InChI=1S/C15H15NO5/c17-11(9-16-15(18)13-2-1-5-19-13)10-3-4-12-14(8-10)21-7-6-20-12/h1-5,8,11,17H,6-7,9H2,(H,16,18). The molecule has 0 aliphatic carbocycles. The predicted molar refractivity (Wildman–Crippen MR) is 73.4 cm³/mol. The third-order valence-corrected chi connectivity index (χ3v) is 3.15. The first-order valence-electron chi connectivity index (χ1n) is 6.63. The Labute approximate surface area is 121 Å². The number of fused-ring (bicyclic) bond motifs is 1. The second-order valence-electron chi connectivity index (χ2n) is 4.61. The van der Waals surface area contributed by atoms with E-state index in [4.69, 9.17) is 13.9 Å². The predicted octanol–water partition coefficient (Wildman–Crippen LogP) is 1.51. The molecule has 0 saturated carbocycles. The summed E-state index contributed by atoms with van der Waals surface area (Å²) in [5, 5.41) is 12.7. The highest BCUT2D eigenvalue weighted by atomic mass is 16.6. The van der Waals surface area contributed by atoms with E-state index in [0.717, 1.165) is 0 Å². The van der Waals surface area contributed by atoms with Crippen molar-refractivity contribution in [2.45, 2.75) is 6.10 Å². The smallest absolute Gasteiger partial charge is 0.287 e. The van der Waals surface area contributed by atoms with Gasteiger partial charge < -0.3 is 24.3 Å². The van der Waals surface area contributed by atoms with Gasteiger partial charge in [0, 0.05) is 6.54 Å². The van der Waals surface area contributed by atoms with Crippen LogP contribution in [0.3, 0.4) is 0 Å². The van der Waals surface area contributed by atoms with E-state index in [1.54, 1.807) is 30.3 Å². The summed E-state index contributed by atoms with van der Waals surface area (Å²) in [5.41, 5.74) is 0.652. The summed E-state index contributed by atoms with van der Waals surface area (Å²) in [6.45, 7) is 1.09. The van der Waals surface area contributed by atoms with Crippen molar-refractivity contribution in [2.24, 2.45) is 0 Å². The van der Waals surface area contributed by atoms with Crippen LogP contribution in [0.4, 0.5) is 0 Å². The largest absolute Gasteiger partial charge is 0.486 e. The van der Waals surface area contributed by atoms with E-state index >= 15 is 0 Å². The summed E-state index contributed by atoms with van der Waals surface area (Å²) in [4.78, 5) is 11.7. The first-order valence-corrected chi connectivity index (χ1v) is 6.63. The van der Waals surface area contributed by atoms with Crippen LogP contribution in [0.2, 0.25) is 0 Å². The lowest BCUT2D eigenvalue weighted by atomic mass is 10.1. The molecule has 0 bridgehead atoms. The van der Waals surface area contributed by atoms with E-state index in [2.05, 4.69) is 5.32 Å². The van der Waals surface area contributed by atoms with Crippen molar-refractivity contribution in [1.82, 2.24) is 5.32 Å². The quantitative estimate of drug-likeness (QED) is 0.891. The van der Waals surface area contributed by atoms with Crippen molar-refractivity contribution in [3.8, 4) is 11.5 Å². The van der Waals surface area contributed by atoms with Crippen LogP contribution in [0, 0.1) is 0 Å². The lowest BCUT2D eigenvalue weighted by Gasteiger charge is -2.20. The van der Waals surface area contributed by atoms with Gasteiger partial charge in [-0.15, -0.1) is 0 Å². The minimum absolute atomic E-state index is 0.0825. The van der Waals surface area contributed by atoms with Crippen molar-refractivity contribution in [1.29, 1.82) is 0 Å². The number of nitrogens with one attached hydrogen (secondary N) is 1. The number of benzene rings is 1. The molecule has 1 aliphatic heterocycles. The highest BCUT2D eigenvalue weighted by Crippen LogP contribution is 2.32. The zero-order valence-corrected chi connectivity index (χ0v) is 11.2. The van der Waals surface area contributed by atoms with Crippen LogP contribution in [-0.4, -0.2) is 30.8 Å². The number of hydrogen-bond acceptors (Lipinski definition) is 5. The topological polar surface area (TPSA) is 80.9 Å². The van der Waals surface area contributed by atoms with E-state index in [9.17, 15) is 9.90 Å². The monoisotopic (exact) mass is 289 g/mol. The van der Waals surface area contributed by atoms with E-state index in [1.807, 2.05) is 0 Å². The maximum atomic E-state index is 11.7. The van der Waals surface area contributed by atoms with E-state index in [0.29, 0.717) is 30.3 Å². The number of aliphatic hydroxyl groups is 1. The molecule has 3 rings (SSSR count). The van der Waals surface area contributed by atoms with Gasteiger partial charge in [0.15, 0.2) is 17.3 Å². The number of rotatable bonds is 4. The molecule has 6 heteroatoms. The fourth-order valence-corrected chi connectivity index (χ4v) is 2.07. The number of carbonyl (C=O) groups is 1. The SMILES string of the molecule is O=C(NCC(O)c1ccc2c(c1)OCCO2)c1ccco1. The molecule has 0 saturated heterocycles. The molecular formula is C15H15NO5. The van der Waals surface area contributed by atoms with Crippen LogP contribution in [0.15, 0.2) is 41.0 Å². The summed E-state index contributed by atoms with van der Waals surface area (Å²) in [6, 6.07) is 8.41. The van der Waals surface area contributed by atoms with Gasteiger partial charge in [-0.1, -0.05) is 6.07 Å². The second kappa shape index (κ2) is 5.88. The summed E-state index contributed by atoms with van der Waals surface area (Å²) < 4.78 is 15.9. The highest BCUT2D eigenvalue weighted by molar-refractivity contribution is 5.91. The molecule has 6 nitrogen and oxygen atoms in total. The molecule has 1 aromatic carbocycles. The normalized spacial score (nSPS) is 14.5. The molecule has 2 aromatic rings. The Morgan fingerprint density at radius 3 is 2.81 bits per heavy atom. The summed E-state index contributed by atoms with van der Waals surface area (Å²) in [6.07, 6.45) is 0.589. The van der Waals surface area contributed by atoms with Crippen LogP contribution in [-0.2, 0) is 0 Å². The average molecular weight is 289 g/mol. The van der Waals surface area contributed by atoms with Gasteiger partial charge in [-0.25, -0.2) is 0 Å². The summed E-state index contributed by atoms with van der Waals surface area (Å²) >= 11 is 0. The van der Waals surface area contributed by atoms with Crippen molar-refractivity contribution < 1.29 is 23.8 Å². The molecule has 2 N–H and O–H groups in total. The van der Waals surface area contributed by atoms with Crippen LogP contribution < -0.4 is 14.8 Å². The van der Waals surface area contributed by atoms with E-state index in [1.165, 1.54) is 6.26 Å². The van der Waals surface area contributed by atoms with Crippen LogP contribution >= 0.6 is 0 Å². The molecular weight excluding hydrogens is 274 g/mol. The van der Waals surface area contributed by atoms with Crippen molar-refractivity contribution in [2.75, 3.05) is 19.8 Å². The molecule has 1 unspecified atom stereocenters. The molecule has 2 heterocycles. The molecule has 0 radical (unpaired) electrons. The van der Waals surface area contributed by atoms with Crippen molar-refractivity contribution in [3.05, 3.63) is 47.9 Å². The Morgan fingerprint density at radius 1 is 1.24 bits per heavy atom. The number of hydrogen-bond donors (Lipinski definition) is 2. The summed E-state index contributed by atoms with van der Waals surface area (Å²) in [5.74, 6) is 1.12. The lowest BCUT2D eigenvalue weighted by Crippen LogP contribution is -2.28. The maximum Gasteiger partial charge on any atom is 0.287 e. The van der Waals surface area contributed by atoms with Gasteiger partial charge in [-0.3, -0.25) is 4.79 Å². The minimum atomic E-state index is -0.834. The molecule has 1 atom stereocenters. The second-order valence-corrected chi connectivity index (χ2v) is 4.61.